The number of nitrogens with one attached hydrogen (secondary N) is 1. The molecule has 1 aromatic rings. The van der Waals surface area contributed by atoms with Gasteiger partial charge in [-0.15, -0.1) is 0 Å². The van der Waals surface area contributed by atoms with Crippen molar-refractivity contribution >= 4 is 17.0 Å². The summed E-state index contributed by atoms with van der Waals surface area (Å²) in [6.45, 7) is 11.7. The molecule has 1 heterocycles. The van der Waals surface area contributed by atoms with Crippen molar-refractivity contribution < 1.29 is 4.55 Å². The number of rotatable bonds is 6. The van der Waals surface area contributed by atoms with Crippen molar-refractivity contribution in [3.05, 3.63) is 12.4 Å². The molecule has 1 fully saturated rings. The molecule has 114 valence electrons. The van der Waals surface area contributed by atoms with Gasteiger partial charge in [-0.05, 0) is 38.0 Å². The van der Waals surface area contributed by atoms with Gasteiger partial charge in [-0.3, -0.25) is 5.10 Å². The number of anilines is 1. The van der Waals surface area contributed by atoms with Crippen molar-refractivity contribution in [1.29, 1.82) is 0 Å². The van der Waals surface area contributed by atoms with Crippen LogP contribution in [0, 0.1) is 11.3 Å². The molecule has 1 aliphatic rings. The fraction of sp³-hybridized carbons (Fsp3) is 0.800. The molecule has 0 bridgehead atoms. The van der Waals surface area contributed by atoms with Crippen molar-refractivity contribution in [1.82, 2.24) is 10.2 Å². The first-order valence-electron chi connectivity index (χ1n) is 7.37. The van der Waals surface area contributed by atoms with Crippen LogP contribution < -0.4 is 4.31 Å². The van der Waals surface area contributed by atoms with Gasteiger partial charge in [0.05, 0.1) is 24.1 Å². The first kappa shape index (κ1) is 15.7. The smallest absolute Gasteiger partial charge is 0.145 e. The van der Waals surface area contributed by atoms with Gasteiger partial charge in [0.1, 0.15) is 10.4 Å². The van der Waals surface area contributed by atoms with Crippen LogP contribution in [0.1, 0.15) is 53.9 Å². The summed E-state index contributed by atoms with van der Waals surface area (Å²) in [5, 5.41) is 6.84. The fourth-order valence-corrected chi connectivity index (χ4v) is 4.61. The van der Waals surface area contributed by atoms with E-state index >= 15 is 0 Å². The van der Waals surface area contributed by atoms with E-state index in [1.54, 1.807) is 6.20 Å². The molecule has 0 amide bonds. The summed E-state index contributed by atoms with van der Waals surface area (Å²) in [7, 11) is 0. The Labute approximate surface area is 125 Å². The van der Waals surface area contributed by atoms with Gasteiger partial charge in [0.25, 0.3) is 0 Å². The van der Waals surface area contributed by atoms with Crippen molar-refractivity contribution in [3.63, 3.8) is 0 Å². The minimum atomic E-state index is -1.05. The molecule has 2 rings (SSSR count). The summed E-state index contributed by atoms with van der Waals surface area (Å²) in [4.78, 5) is 0. The summed E-state index contributed by atoms with van der Waals surface area (Å²) in [6, 6.07) is 0. The van der Waals surface area contributed by atoms with Gasteiger partial charge in [-0.1, -0.05) is 20.8 Å². The van der Waals surface area contributed by atoms with E-state index in [2.05, 4.69) is 44.8 Å². The number of hydrogen-bond donors (Lipinski definition) is 1. The van der Waals surface area contributed by atoms with Crippen LogP contribution in [0.3, 0.4) is 0 Å². The Morgan fingerprint density at radius 2 is 2.00 bits per heavy atom. The van der Waals surface area contributed by atoms with Crippen LogP contribution >= 0.6 is 0 Å². The highest BCUT2D eigenvalue weighted by Crippen LogP contribution is 2.38. The second-order valence-corrected chi connectivity index (χ2v) is 9.75. The fourth-order valence-electron chi connectivity index (χ4n) is 2.82. The van der Waals surface area contributed by atoms with E-state index in [0.29, 0.717) is 5.92 Å². The van der Waals surface area contributed by atoms with E-state index in [-0.39, 0.29) is 10.2 Å². The Kier molecular flexibility index (Phi) is 4.40. The van der Waals surface area contributed by atoms with Crippen LogP contribution in [0.5, 0.6) is 0 Å². The van der Waals surface area contributed by atoms with Crippen LogP contribution in [-0.2, 0) is 11.4 Å². The summed E-state index contributed by atoms with van der Waals surface area (Å²) in [5.74, 6) is 0.694. The molecule has 1 aliphatic carbocycles. The Morgan fingerprint density at radius 1 is 1.35 bits per heavy atom. The molecule has 0 aliphatic heterocycles. The van der Waals surface area contributed by atoms with E-state index in [1.807, 2.05) is 10.5 Å². The number of aromatic nitrogens is 2. The van der Waals surface area contributed by atoms with E-state index < -0.39 is 11.4 Å². The SMILES string of the molecule is CC(C)(C)CC(C)(C)[S+]([O-])N(CC1CC1)c1cn[nH]c1. The maximum absolute atomic E-state index is 13.1. The van der Waals surface area contributed by atoms with E-state index in [9.17, 15) is 4.55 Å². The first-order valence-corrected chi connectivity index (χ1v) is 8.48. The maximum atomic E-state index is 13.1. The van der Waals surface area contributed by atoms with Gasteiger partial charge in [0, 0.05) is 12.6 Å². The zero-order valence-corrected chi connectivity index (χ0v) is 14.1. The third-order valence-electron chi connectivity index (χ3n) is 3.52. The van der Waals surface area contributed by atoms with Crippen LogP contribution in [0.4, 0.5) is 5.69 Å². The summed E-state index contributed by atoms with van der Waals surface area (Å²) in [5.41, 5.74) is 1.11. The Balaban J connectivity index is 2.14. The highest BCUT2D eigenvalue weighted by molar-refractivity contribution is 7.94. The predicted octanol–water partition coefficient (Wildman–Crippen LogP) is 3.50. The molecule has 1 atom stereocenters. The second kappa shape index (κ2) is 5.60. The average molecular weight is 297 g/mol. The van der Waals surface area contributed by atoms with Crippen LogP contribution in [0.2, 0.25) is 0 Å². The van der Waals surface area contributed by atoms with Crippen molar-refractivity contribution in [2.75, 3.05) is 10.8 Å². The minimum absolute atomic E-state index is 0.167. The third-order valence-corrected chi connectivity index (χ3v) is 5.37. The van der Waals surface area contributed by atoms with Gasteiger partial charge in [-0.25, -0.2) is 0 Å². The average Bonchev–Trinajstić information content (AvgIpc) is 2.94. The molecule has 1 saturated carbocycles. The molecule has 1 aromatic heterocycles. The molecule has 0 aromatic carbocycles. The van der Waals surface area contributed by atoms with Gasteiger partial charge in [0.15, 0.2) is 0 Å². The molecule has 5 heteroatoms. The molecule has 4 nitrogen and oxygen atoms in total. The molecule has 0 saturated heterocycles. The zero-order chi connectivity index (χ0) is 15.0. The van der Waals surface area contributed by atoms with Gasteiger partial charge >= 0.3 is 0 Å². The van der Waals surface area contributed by atoms with E-state index in [0.717, 1.165) is 18.7 Å². The third kappa shape index (κ3) is 4.16. The lowest BCUT2D eigenvalue weighted by atomic mass is 9.86. The number of nitrogens with zero attached hydrogens (tertiary/aromatic N) is 2. The molecule has 1 unspecified atom stereocenters. The van der Waals surface area contributed by atoms with Crippen molar-refractivity contribution in [2.24, 2.45) is 11.3 Å². The van der Waals surface area contributed by atoms with Crippen LogP contribution in [-0.4, -0.2) is 26.0 Å². The number of H-pyrrole nitrogens is 1. The Hall–Kier alpha value is -0.680. The minimum Gasteiger partial charge on any atom is -0.593 e. The maximum Gasteiger partial charge on any atom is 0.145 e. The molecule has 1 N–H and O–H groups in total. The highest BCUT2D eigenvalue weighted by atomic mass is 32.2. The quantitative estimate of drug-likeness (QED) is 0.818. The first-order chi connectivity index (χ1) is 9.19. The predicted molar refractivity (Wildman–Crippen MR) is 85.0 cm³/mol. The van der Waals surface area contributed by atoms with Crippen molar-refractivity contribution in [3.8, 4) is 0 Å². The molecule has 0 radical (unpaired) electrons. The lowest BCUT2D eigenvalue weighted by Crippen LogP contribution is -2.47. The number of aromatic amines is 1. The molecule has 0 spiro atoms. The van der Waals surface area contributed by atoms with Crippen molar-refractivity contribution in [2.45, 2.75) is 58.6 Å². The highest BCUT2D eigenvalue weighted by Gasteiger charge is 2.42. The Morgan fingerprint density at radius 3 is 2.45 bits per heavy atom. The zero-order valence-electron chi connectivity index (χ0n) is 13.3. The number of hydrogen-bond acceptors (Lipinski definition) is 3. The largest absolute Gasteiger partial charge is 0.593 e. The van der Waals surface area contributed by atoms with E-state index in [1.165, 1.54) is 12.8 Å². The van der Waals surface area contributed by atoms with E-state index in [4.69, 9.17) is 0 Å². The summed E-state index contributed by atoms with van der Waals surface area (Å²) < 4.78 is 14.9. The Bertz CT molecular complexity index is 421. The van der Waals surface area contributed by atoms with Gasteiger partial charge < -0.3 is 4.55 Å². The summed E-state index contributed by atoms with van der Waals surface area (Å²) in [6.07, 6.45) is 7.04. The van der Waals surface area contributed by atoms with Crippen LogP contribution in [0.15, 0.2) is 12.4 Å². The molecular weight excluding hydrogens is 270 g/mol. The van der Waals surface area contributed by atoms with Gasteiger partial charge in [0.2, 0.25) is 0 Å². The molecule has 20 heavy (non-hydrogen) atoms. The topological polar surface area (TPSA) is 55.0 Å². The summed E-state index contributed by atoms with van der Waals surface area (Å²) >= 11 is -1.05. The lowest BCUT2D eigenvalue weighted by molar-refractivity contribution is 0.328. The monoisotopic (exact) mass is 297 g/mol. The second-order valence-electron chi connectivity index (χ2n) is 7.71. The standard InChI is InChI=1S/C15H27N3OS/c1-14(2,3)11-15(4,5)20(19)18(10-12-6-7-12)13-8-16-17-9-13/h8-9,12H,6-7,10-11H2,1-5H3,(H,16,17). The van der Waals surface area contributed by atoms with Gasteiger partial charge in [-0.2, -0.15) is 9.40 Å². The lowest BCUT2D eigenvalue weighted by Gasteiger charge is -2.38. The molecular formula is C15H27N3OS. The normalized spacial score (nSPS) is 18.1. The van der Waals surface area contributed by atoms with Crippen LogP contribution in [0.25, 0.3) is 0 Å².